The second-order valence-corrected chi connectivity index (χ2v) is 3.14. The van der Waals surface area contributed by atoms with Crippen molar-refractivity contribution in [1.82, 2.24) is 14.9 Å². The Hall–Kier alpha value is -2.04. The van der Waals surface area contributed by atoms with Gasteiger partial charge in [0.2, 0.25) is 0 Å². The first kappa shape index (κ1) is 9.51. The Bertz CT molecular complexity index is 445. The van der Waals surface area contributed by atoms with Crippen LogP contribution in [0.1, 0.15) is 11.5 Å². The summed E-state index contributed by atoms with van der Waals surface area (Å²) in [4.78, 5) is 15.2. The lowest BCUT2D eigenvalue weighted by Crippen LogP contribution is -2.26. The molecule has 0 saturated heterocycles. The number of furan rings is 1. The second-order valence-electron chi connectivity index (χ2n) is 3.14. The molecule has 15 heavy (non-hydrogen) atoms. The number of aromatic nitrogens is 2. The lowest BCUT2D eigenvalue weighted by Gasteiger charge is -2.02. The molecule has 0 spiro atoms. The molecule has 0 radical (unpaired) electrons. The van der Waals surface area contributed by atoms with E-state index in [1.54, 1.807) is 12.4 Å². The van der Waals surface area contributed by atoms with E-state index in [9.17, 15) is 4.79 Å². The van der Waals surface area contributed by atoms with Crippen LogP contribution in [0.5, 0.6) is 0 Å². The van der Waals surface area contributed by atoms with E-state index in [0.29, 0.717) is 6.54 Å². The minimum absolute atomic E-state index is 0.221. The van der Waals surface area contributed by atoms with Gasteiger partial charge >= 0.3 is 6.03 Å². The average Bonchev–Trinajstić information content (AvgIpc) is 2.84. The van der Waals surface area contributed by atoms with Crippen molar-refractivity contribution in [1.29, 1.82) is 0 Å². The van der Waals surface area contributed by atoms with E-state index in [2.05, 4.69) is 10.3 Å². The molecule has 78 valence electrons. The molecule has 2 aromatic heterocycles. The monoisotopic (exact) mass is 205 g/mol. The number of nitrogens with zero attached hydrogens (tertiary/aromatic N) is 2. The highest BCUT2D eigenvalue weighted by Gasteiger charge is 2.04. The van der Waals surface area contributed by atoms with Crippen LogP contribution in [0.25, 0.3) is 0 Å². The van der Waals surface area contributed by atoms with Crippen LogP contribution in [-0.2, 0) is 6.54 Å². The smallest absolute Gasteiger partial charge is 0.327 e. The van der Waals surface area contributed by atoms with E-state index in [-0.39, 0.29) is 6.03 Å². The molecule has 0 unspecified atom stereocenters. The predicted molar refractivity (Wildman–Crippen MR) is 53.3 cm³/mol. The summed E-state index contributed by atoms with van der Waals surface area (Å²) in [6, 6.07) is 3.48. The lowest BCUT2D eigenvalue weighted by atomic mass is 10.4. The van der Waals surface area contributed by atoms with Gasteiger partial charge in [-0.1, -0.05) is 0 Å². The normalized spacial score (nSPS) is 10.2. The van der Waals surface area contributed by atoms with Crippen LogP contribution < -0.4 is 5.32 Å². The summed E-state index contributed by atoms with van der Waals surface area (Å²) in [6.07, 6.45) is 4.59. The van der Waals surface area contributed by atoms with Gasteiger partial charge < -0.3 is 9.73 Å². The highest BCUT2D eigenvalue weighted by molar-refractivity contribution is 5.76. The Morgan fingerprint density at radius 2 is 2.47 bits per heavy atom. The summed E-state index contributed by atoms with van der Waals surface area (Å²) in [5, 5.41) is 2.70. The van der Waals surface area contributed by atoms with Gasteiger partial charge in [-0.15, -0.1) is 0 Å². The Morgan fingerprint density at radius 1 is 1.60 bits per heavy atom. The fourth-order valence-electron chi connectivity index (χ4n) is 1.21. The van der Waals surface area contributed by atoms with Gasteiger partial charge in [0.05, 0.1) is 6.54 Å². The molecule has 2 rings (SSSR count). The van der Waals surface area contributed by atoms with Crippen molar-refractivity contribution in [2.75, 3.05) is 0 Å². The van der Waals surface area contributed by atoms with Gasteiger partial charge in [0, 0.05) is 12.4 Å². The first-order chi connectivity index (χ1) is 7.25. The number of nitrogens with one attached hydrogen (secondary N) is 1. The number of rotatable bonds is 2. The molecular weight excluding hydrogens is 194 g/mol. The number of imidazole rings is 1. The van der Waals surface area contributed by atoms with Crippen molar-refractivity contribution in [3.63, 3.8) is 0 Å². The number of hydrogen-bond acceptors (Lipinski definition) is 3. The molecule has 0 aliphatic carbocycles. The van der Waals surface area contributed by atoms with Crippen molar-refractivity contribution >= 4 is 6.03 Å². The zero-order valence-electron chi connectivity index (χ0n) is 8.30. The van der Waals surface area contributed by atoms with Crippen LogP contribution in [0.3, 0.4) is 0 Å². The molecule has 2 heterocycles. The highest BCUT2D eigenvalue weighted by Crippen LogP contribution is 2.05. The summed E-state index contributed by atoms with van der Waals surface area (Å²) in [5.74, 6) is 1.57. The maximum Gasteiger partial charge on any atom is 0.327 e. The number of aryl methyl sites for hydroxylation is 1. The van der Waals surface area contributed by atoms with Crippen molar-refractivity contribution in [3.05, 3.63) is 42.4 Å². The van der Waals surface area contributed by atoms with Crippen LogP contribution in [0.15, 0.2) is 35.3 Å². The van der Waals surface area contributed by atoms with Crippen molar-refractivity contribution in [3.8, 4) is 0 Å². The van der Waals surface area contributed by atoms with E-state index in [1.807, 2.05) is 19.1 Å². The Balaban J connectivity index is 1.91. The molecule has 2 aromatic rings. The van der Waals surface area contributed by atoms with E-state index in [1.165, 1.54) is 10.9 Å². The molecule has 1 amide bonds. The van der Waals surface area contributed by atoms with Gasteiger partial charge in [0.15, 0.2) is 0 Å². The summed E-state index contributed by atoms with van der Waals surface area (Å²) >= 11 is 0. The van der Waals surface area contributed by atoms with Crippen LogP contribution in [0, 0.1) is 6.92 Å². The van der Waals surface area contributed by atoms with E-state index in [4.69, 9.17) is 4.42 Å². The summed E-state index contributed by atoms with van der Waals surface area (Å²) in [6.45, 7) is 2.24. The minimum Gasteiger partial charge on any atom is -0.465 e. The maximum atomic E-state index is 11.5. The molecule has 5 heteroatoms. The molecule has 1 N–H and O–H groups in total. The molecule has 0 saturated carbocycles. The fraction of sp³-hybridized carbons (Fsp3) is 0.200. The topological polar surface area (TPSA) is 60.1 Å². The molecule has 5 nitrogen and oxygen atoms in total. The molecule has 0 fully saturated rings. The summed E-state index contributed by atoms with van der Waals surface area (Å²) in [5.41, 5.74) is 0. The standard InChI is InChI=1S/C10H11N3O2/c1-8-2-3-9(15-8)6-12-10(14)13-5-4-11-7-13/h2-5,7H,6H2,1H3,(H,12,14). The largest absolute Gasteiger partial charge is 0.465 e. The summed E-state index contributed by atoms with van der Waals surface area (Å²) < 4.78 is 6.68. The van der Waals surface area contributed by atoms with Gasteiger partial charge in [-0.3, -0.25) is 4.57 Å². The zero-order chi connectivity index (χ0) is 10.7. The Labute approximate surface area is 86.7 Å². The van der Waals surface area contributed by atoms with E-state index in [0.717, 1.165) is 11.5 Å². The minimum atomic E-state index is -0.221. The quantitative estimate of drug-likeness (QED) is 0.809. The third kappa shape index (κ3) is 2.25. The predicted octanol–water partition coefficient (Wildman–Crippen LogP) is 1.54. The second kappa shape index (κ2) is 4.00. The third-order valence-corrected chi connectivity index (χ3v) is 1.95. The fourth-order valence-corrected chi connectivity index (χ4v) is 1.21. The maximum absolute atomic E-state index is 11.5. The molecule has 0 bridgehead atoms. The van der Waals surface area contributed by atoms with Crippen LogP contribution in [0.4, 0.5) is 4.79 Å². The van der Waals surface area contributed by atoms with Gasteiger partial charge in [-0.05, 0) is 19.1 Å². The number of carbonyl (C=O) groups is 1. The Kier molecular flexibility index (Phi) is 2.53. The SMILES string of the molecule is Cc1ccc(CNC(=O)n2ccnc2)o1. The van der Waals surface area contributed by atoms with Crippen LogP contribution >= 0.6 is 0 Å². The third-order valence-electron chi connectivity index (χ3n) is 1.95. The van der Waals surface area contributed by atoms with Crippen molar-refractivity contribution in [2.24, 2.45) is 0 Å². The van der Waals surface area contributed by atoms with Gasteiger partial charge in [-0.25, -0.2) is 9.78 Å². The van der Waals surface area contributed by atoms with E-state index < -0.39 is 0 Å². The molecule has 0 aliphatic heterocycles. The highest BCUT2D eigenvalue weighted by atomic mass is 16.3. The van der Waals surface area contributed by atoms with Crippen molar-refractivity contribution in [2.45, 2.75) is 13.5 Å². The van der Waals surface area contributed by atoms with Gasteiger partial charge in [0.25, 0.3) is 0 Å². The Morgan fingerprint density at radius 3 is 3.07 bits per heavy atom. The lowest BCUT2D eigenvalue weighted by molar-refractivity contribution is 0.241. The van der Waals surface area contributed by atoms with Crippen LogP contribution in [0.2, 0.25) is 0 Å². The first-order valence-electron chi connectivity index (χ1n) is 4.57. The number of carbonyl (C=O) groups excluding carboxylic acids is 1. The molecule has 0 aliphatic rings. The molecule has 0 atom stereocenters. The van der Waals surface area contributed by atoms with Gasteiger partial charge in [0.1, 0.15) is 17.8 Å². The number of amides is 1. The number of hydrogen-bond donors (Lipinski definition) is 1. The van der Waals surface area contributed by atoms with E-state index >= 15 is 0 Å². The van der Waals surface area contributed by atoms with Gasteiger partial charge in [-0.2, -0.15) is 0 Å². The first-order valence-corrected chi connectivity index (χ1v) is 4.57. The zero-order valence-corrected chi connectivity index (χ0v) is 8.30. The van der Waals surface area contributed by atoms with Crippen LogP contribution in [-0.4, -0.2) is 15.6 Å². The molecule has 0 aromatic carbocycles. The average molecular weight is 205 g/mol. The molecular formula is C10H11N3O2. The van der Waals surface area contributed by atoms with Crippen molar-refractivity contribution < 1.29 is 9.21 Å². The summed E-state index contributed by atoms with van der Waals surface area (Å²) in [7, 11) is 0.